The van der Waals surface area contributed by atoms with Gasteiger partial charge in [0.05, 0.1) is 36.2 Å². The third-order valence-electron chi connectivity index (χ3n) is 7.23. The molecule has 2 aromatic rings. The van der Waals surface area contributed by atoms with Crippen LogP contribution in [0.1, 0.15) is 60.8 Å². The van der Waals surface area contributed by atoms with E-state index in [4.69, 9.17) is 4.74 Å². The van der Waals surface area contributed by atoms with Gasteiger partial charge in [0.15, 0.2) is 0 Å². The standard InChI is InChI=1S/C27H30F6N2O3/c1-17(18-13-20(26(28,29)30)15-21(14-18)27(31,32)33)24(37)34-25(19-7-5-4-6-8-19)11-9-22(10-12-25)35(2)16-23(36)38-3/h4-8,13-15,17,22H,9-12,16H2,1-3H3,(H,34,37). The van der Waals surface area contributed by atoms with Gasteiger partial charge in [0.2, 0.25) is 5.91 Å². The van der Waals surface area contributed by atoms with Crippen LogP contribution in [-0.4, -0.2) is 43.5 Å². The Morgan fingerprint density at radius 3 is 2.00 bits per heavy atom. The van der Waals surface area contributed by atoms with Crippen molar-refractivity contribution < 1.29 is 40.7 Å². The van der Waals surface area contributed by atoms with Gasteiger partial charge in [-0.15, -0.1) is 0 Å². The smallest absolute Gasteiger partial charge is 0.416 e. The molecule has 0 aromatic heterocycles. The number of hydrogen-bond donors (Lipinski definition) is 1. The number of nitrogens with zero attached hydrogens (tertiary/aromatic N) is 1. The second-order valence-electron chi connectivity index (χ2n) is 9.72. The number of rotatable bonds is 7. The van der Waals surface area contributed by atoms with Gasteiger partial charge in [0, 0.05) is 6.04 Å². The molecule has 1 amide bonds. The summed E-state index contributed by atoms with van der Waals surface area (Å²) in [7, 11) is 3.10. The molecule has 11 heteroatoms. The second kappa shape index (κ2) is 11.3. The molecule has 1 unspecified atom stereocenters. The summed E-state index contributed by atoms with van der Waals surface area (Å²) in [5.74, 6) is -2.34. The normalized spacial score (nSPS) is 21.2. The molecule has 1 fully saturated rings. The first-order valence-electron chi connectivity index (χ1n) is 12.1. The van der Waals surface area contributed by atoms with Crippen LogP contribution in [-0.2, 0) is 32.2 Å². The van der Waals surface area contributed by atoms with Crippen molar-refractivity contribution in [2.24, 2.45) is 0 Å². The van der Waals surface area contributed by atoms with E-state index in [2.05, 4.69) is 5.32 Å². The molecule has 0 aliphatic heterocycles. The quantitative estimate of drug-likeness (QED) is 0.349. The van der Waals surface area contributed by atoms with Gasteiger partial charge < -0.3 is 10.1 Å². The van der Waals surface area contributed by atoms with Crippen LogP contribution >= 0.6 is 0 Å². The van der Waals surface area contributed by atoms with Crippen molar-refractivity contribution in [3.63, 3.8) is 0 Å². The predicted molar refractivity (Wildman–Crippen MR) is 128 cm³/mol. The number of hydrogen-bond acceptors (Lipinski definition) is 4. The lowest BCUT2D eigenvalue weighted by molar-refractivity contribution is -0.144. The van der Waals surface area contributed by atoms with E-state index in [9.17, 15) is 35.9 Å². The first-order valence-corrected chi connectivity index (χ1v) is 12.1. The number of esters is 1. The molecule has 0 radical (unpaired) electrons. The molecule has 0 bridgehead atoms. The molecule has 0 spiro atoms. The SMILES string of the molecule is COC(=O)CN(C)C1CCC(NC(=O)C(C)c2cc(C(F)(F)F)cc(C(F)(F)F)c2)(c2ccccc2)CC1. The summed E-state index contributed by atoms with van der Waals surface area (Å²) in [5.41, 5.74) is -3.39. The maximum Gasteiger partial charge on any atom is 0.416 e. The Morgan fingerprint density at radius 2 is 1.53 bits per heavy atom. The van der Waals surface area contributed by atoms with E-state index in [0.717, 1.165) is 5.56 Å². The molecule has 5 nitrogen and oxygen atoms in total. The number of nitrogens with one attached hydrogen (secondary N) is 1. The van der Waals surface area contributed by atoms with Gasteiger partial charge >= 0.3 is 18.3 Å². The number of alkyl halides is 6. The number of ether oxygens (including phenoxy) is 1. The number of carbonyl (C=O) groups is 2. The van der Waals surface area contributed by atoms with Crippen molar-refractivity contribution in [2.45, 2.75) is 62.5 Å². The molecule has 208 valence electrons. The number of carbonyl (C=O) groups excluding carboxylic acids is 2. The fourth-order valence-electron chi connectivity index (χ4n) is 4.90. The molecule has 38 heavy (non-hydrogen) atoms. The summed E-state index contributed by atoms with van der Waals surface area (Å²) < 4.78 is 84.9. The van der Waals surface area contributed by atoms with Gasteiger partial charge in [-0.3, -0.25) is 14.5 Å². The average molecular weight is 545 g/mol. The zero-order valence-electron chi connectivity index (χ0n) is 21.2. The van der Waals surface area contributed by atoms with Gasteiger partial charge in [0.1, 0.15) is 0 Å². The van der Waals surface area contributed by atoms with E-state index in [-0.39, 0.29) is 30.2 Å². The maximum atomic E-state index is 13.4. The summed E-state index contributed by atoms with van der Waals surface area (Å²) in [6, 6.07) is 10.3. The predicted octanol–water partition coefficient (Wildman–Crippen LogP) is 5.89. The molecule has 1 N–H and O–H groups in total. The van der Waals surface area contributed by atoms with Crippen LogP contribution in [0.2, 0.25) is 0 Å². The lowest BCUT2D eigenvalue weighted by Crippen LogP contribution is -2.52. The molecule has 2 aromatic carbocycles. The largest absolute Gasteiger partial charge is 0.468 e. The third-order valence-corrected chi connectivity index (χ3v) is 7.23. The Labute approximate surface area is 217 Å². The third kappa shape index (κ3) is 6.86. The van der Waals surface area contributed by atoms with E-state index in [0.29, 0.717) is 37.8 Å². The van der Waals surface area contributed by atoms with Crippen molar-refractivity contribution in [1.82, 2.24) is 10.2 Å². The van der Waals surface area contributed by atoms with Gasteiger partial charge in [-0.25, -0.2) is 0 Å². The van der Waals surface area contributed by atoms with Crippen molar-refractivity contribution in [3.8, 4) is 0 Å². The van der Waals surface area contributed by atoms with E-state index in [1.807, 2.05) is 17.0 Å². The second-order valence-corrected chi connectivity index (χ2v) is 9.72. The topological polar surface area (TPSA) is 58.6 Å². The van der Waals surface area contributed by atoms with Crippen LogP contribution < -0.4 is 5.32 Å². The van der Waals surface area contributed by atoms with Crippen LogP contribution in [0, 0.1) is 0 Å². The molecule has 1 aliphatic rings. The number of amides is 1. The van der Waals surface area contributed by atoms with Crippen LogP contribution in [0.15, 0.2) is 48.5 Å². The fourth-order valence-corrected chi connectivity index (χ4v) is 4.90. The Hall–Kier alpha value is -3.08. The van der Waals surface area contributed by atoms with E-state index >= 15 is 0 Å². The monoisotopic (exact) mass is 544 g/mol. The van der Waals surface area contributed by atoms with Gasteiger partial charge in [-0.2, -0.15) is 26.3 Å². The molecule has 0 heterocycles. The minimum absolute atomic E-state index is 0.0260. The van der Waals surface area contributed by atoms with E-state index in [1.165, 1.54) is 14.0 Å². The number of halogens is 6. The highest BCUT2D eigenvalue weighted by molar-refractivity contribution is 5.84. The minimum Gasteiger partial charge on any atom is -0.468 e. The van der Waals surface area contributed by atoms with Gasteiger partial charge in [-0.05, 0) is 69.0 Å². The van der Waals surface area contributed by atoms with Gasteiger partial charge in [-0.1, -0.05) is 30.3 Å². The van der Waals surface area contributed by atoms with Crippen LogP contribution in [0.25, 0.3) is 0 Å². The van der Waals surface area contributed by atoms with Crippen molar-refractivity contribution >= 4 is 11.9 Å². The lowest BCUT2D eigenvalue weighted by atomic mass is 9.74. The molecule has 1 atom stereocenters. The minimum atomic E-state index is -5.01. The lowest BCUT2D eigenvalue weighted by Gasteiger charge is -2.44. The zero-order chi connectivity index (χ0) is 28.3. The number of methoxy groups -OCH3 is 1. The molecular formula is C27H30F6N2O3. The van der Waals surface area contributed by atoms with Crippen LogP contribution in [0.3, 0.4) is 0 Å². The average Bonchev–Trinajstić information content (AvgIpc) is 2.87. The summed E-state index contributed by atoms with van der Waals surface area (Å²) in [4.78, 5) is 26.9. The Bertz CT molecular complexity index is 1090. The van der Waals surface area contributed by atoms with Crippen molar-refractivity contribution in [1.29, 1.82) is 0 Å². The molecule has 0 saturated heterocycles. The Kier molecular flexibility index (Phi) is 8.80. The molecule has 1 aliphatic carbocycles. The summed E-state index contributed by atoms with van der Waals surface area (Å²) in [5, 5.41) is 2.96. The Morgan fingerprint density at radius 1 is 1.00 bits per heavy atom. The zero-order valence-corrected chi connectivity index (χ0v) is 21.2. The van der Waals surface area contributed by atoms with Crippen LogP contribution in [0.5, 0.6) is 0 Å². The number of benzene rings is 2. The first kappa shape index (κ1) is 29.5. The molecular weight excluding hydrogens is 514 g/mol. The van der Waals surface area contributed by atoms with Crippen LogP contribution in [0.4, 0.5) is 26.3 Å². The summed E-state index contributed by atoms with van der Waals surface area (Å²) in [6.07, 6.45) is -7.90. The van der Waals surface area contributed by atoms with Gasteiger partial charge in [0.25, 0.3) is 0 Å². The Balaban J connectivity index is 1.88. The summed E-state index contributed by atoms with van der Waals surface area (Å²) in [6.45, 7) is 1.39. The van der Waals surface area contributed by atoms with E-state index in [1.54, 1.807) is 25.2 Å². The van der Waals surface area contributed by atoms with Crippen molar-refractivity contribution in [2.75, 3.05) is 20.7 Å². The first-order chi connectivity index (χ1) is 17.7. The van der Waals surface area contributed by atoms with Crippen molar-refractivity contribution in [3.05, 3.63) is 70.8 Å². The molecule has 3 rings (SSSR count). The fraction of sp³-hybridized carbons (Fsp3) is 0.481. The number of likely N-dealkylation sites (N-methyl/N-ethyl adjacent to an activating group) is 1. The maximum absolute atomic E-state index is 13.4. The highest BCUT2D eigenvalue weighted by Crippen LogP contribution is 2.41. The highest BCUT2D eigenvalue weighted by atomic mass is 19.4. The van der Waals surface area contributed by atoms with E-state index < -0.39 is 40.8 Å². The summed E-state index contributed by atoms with van der Waals surface area (Å²) >= 11 is 0. The highest BCUT2D eigenvalue weighted by Gasteiger charge is 2.41. The molecule has 1 saturated carbocycles.